The van der Waals surface area contributed by atoms with E-state index in [4.69, 9.17) is 14.6 Å². The van der Waals surface area contributed by atoms with Crippen LogP contribution in [-0.4, -0.2) is 66.1 Å². The summed E-state index contributed by atoms with van der Waals surface area (Å²) in [6, 6.07) is 0. The van der Waals surface area contributed by atoms with Crippen LogP contribution in [0.4, 0.5) is 0 Å². The highest BCUT2D eigenvalue weighted by Gasteiger charge is 2.40. The van der Waals surface area contributed by atoms with Crippen molar-refractivity contribution in [3.05, 3.63) is 35.6 Å². The lowest BCUT2D eigenvalue weighted by Gasteiger charge is -2.36. The van der Waals surface area contributed by atoms with Gasteiger partial charge in [-0.3, -0.25) is 4.79 Å². The summed E-state index contributed by atoms with van der Waals surface area (Å²) in [5.74, 6) is -2.12. The van der Waals surface area contributed by atoms with Crippen LogP contribution in [0.1, 0.15) is 25.7 Å². The number of carbonyl (C=O) groups is 2. The zero-order chi connectivity index (χ0) is 18.7. The number of Topliss-reactive ketones (excluding diaryl/α,β-unsaturated/α-hetero) is 1. The number of hydrogen-bond donors (Lipinski definition) is 2. The molecule has 26 heavy (non-hydrogen) atoms. The van der Waals surface area contributed by atoms with E-state index < -0.39 is 23.9 Å². The van der Waals surface area contributed by atoms with Gasteiger partial charge in [-0.2, -0.15) is 0 Å². The minimum atomic E-state index is -1.33. The Kier molecular flexibility index (Phi) is 5.60. The van der Waals surface area contributed by atoms with Gasteiger partial charge in [0.2, 0.25) is 0 Å². The molecule has 1 heterocycles. The molecule has 0 radical (unpaired) electrons. The summed E-state index contributed by atoms with van der Waals surface area (Å²) in [6.45, 7) is 0.0760. The summed E-state index contributed by atoms with van der Waals surface area (Å²) in [5.41, 5.74) is 0.682. The second-order valence-electron chi connectivity index (χ2n) is 7.19. The number of nitrogens with zero attached hydrogens (tertiary/aromatic N) is 1. The van der Waals surface area contributed by atoms with Gasteiger partial charge in [0.25, 0.3) is 0 Å². The van der Waals surface area contributed by atoms with E-state index in [0.717, 1.165) is 25.7 Å². The number of carbonyl (C=O) groups excluding carboxylic acids is 1. The molecule has 2 fully saturated rings. The van der Waals surface area contributed by atoms with Gasteiger partial charge in [-0.1, -0.05) is 25.0 Å². The lowest BCUT2D eigenvalue weighted by molar-refractivity contribution is -0.135. The molecular weight excluding hydrogens is 338 g/mol. The molecule has 0 aromatic rings. The van der Waals surface area contributed by atoms with Gasteiger partial charge < -0.3 is 24.6 Å². The van der Waals surface area contributed by atoms with E-state index in [9.17, 15) is 14.7 Å². The van der Waals surface area contributed by atoms with Crippen LogP contribution in [0.5, 0.6) is 0 Å². The second kappa shape index (κ2) is 7.73. The van der Waals surface area contributed by atoms with Crippen molar-refractivity contribution in [3.63, 3.8) is 0 Å². The fourth-order valence-electron chi connectivity index (χ4n) is 4.14. The number of carboxylic acid groups (broad SMARTS) is 1. The Morgan fingerprint density at radius 3 is 2.65 bits per heavy atom. The summed E-state index contributed by atoms with van der Waals surface area (Å²) >= 11 is 0. The van der Waals surface area contributed by atoms with Crippen molar-refractivity contribution >= 4 is 11.8 Å². The highest BCUT2D eigenvalue weighted by molar-refractivity contribution is 6.16. The number of fused-ring (bicyclic) bond motifs is 1. The lowest BCUT2D eigenvalue weighted by atomic mass is 9.75. The van der Waals surface area contributed by atoms with Gasteiger partial charge in [0, 0.05) is 25.2 Å². The fourth-order valence-corrected chi connectivity index (χ4v) is 4.14. The normalized spacial score (nSPS) is 27.2. The third kappa shape index (κ3) is 3.75. The van der Waals surface area contributed by atoms with Crippen LogP contribution < -0.4 is 0 Å². The van der Waals surface area contributed by atoms with Gasteiger partial charge in [0.15, 0.2) is 5.78 Å². The molecule has 1 saturated carbocycles. The maximum atomic E-state index is 11.7. The number of allylic oxidation sites excluding steroid dienone is 1. The summed E-state index contributed by atoms with van der Waals surface area (Å²) < 4.78 is 11.1. The molecular formula is C19H25NO6. The monoisotopic (exact) mass is 363 g/mol. The van der Waals surface area contributed by atoms with Crippen LogP contribution in [0.3, 0.4) is 0 Å². The van der Waals surface area contributed by atoms with E-state index in [1.54, 1.807) is 11.9 Å². The number of ketones is 1. The van der Waals surface area contributed by atoms with Crippen molar-refractivity contribution in [2.24, 2.45) is 5.41 Å². The summed E-state index contributed by atoms with van der Waals surface area (Å²) in [6.07, 6.45) is 11.7. The van der Waals surface area contributed by atoms with E-state index >= 15 is 0 Å². The molecule has 142 valence electrons. The summed E-state index contributed by atoms with van der Waals surface area (Å²) in [4.78, 5) is 24.7. The molecule has 3 aliphatic rings. The number of aliphatic carboxylic acids is 1. The van der Waals surface area contributed by atoms with E-state index in [1.165, 1.54) is 11.8 Å². The molecule has 2 aliphatic carbocycles. The third-order valence-electron chi connectivity index (χ3n) is 5.40. The molecule has 0 bridgehead atoms. The van der Waals surface area contributed by atoms with Crippen molar-refractivity contribution in [1.82, 2.24) is 4.90 Å². The zero-order valence-electron chi connectivity index (χ0n) is 14.9. The Labute approximate surface area is 152 Å². The number of hydrogen-bond acceptors (Lipinski definition) is 6. The van der Waals surface area contributed by atoms with Crippen molar-refractivity contribution in [2.75, 3.05) is 27.0 Å². The first-order valence-electron chi connectivity index (χ1n) is 8.88. The van der Waals surface area contributed by atoms with Crippen molar-refractivity contribution in [3.8, 4) is 0 Å². The number of aliphatic hydroxyl groups excluding tert-OH is 1. The minimum Gasteiger partial charge on any atom is -0.478 e. The topological polar surface area (TPSA) is 96.3 Å². The largest absolute Gasteiger partial charge is 0.478 e. The fraction of sp³-hybridized carbons (Fsp3) is 0.579. The molecule has 2 atom stereocenters. The standard InChI is InChI=1S/C19H25NO6/c1-20(9-14(18(23)24)15(22)10-21)11-19(6-2-3-7-19)13-4-5-16-17(8-13)26-12-25-16/h4-5,8-9,16-17,21H,2-3,6-7,10-12H2,1H3,(H,23,24)/b14-9+. The SMILES string of the molecule is CN(/C=C(/C(=O)O)C(=O)CO)CC1(C2=CC3OCOC3C=C2)CCCC1. The summed E-state index contributed by atoms with van der Waals surface area (Å²) in [7, 11) is 1.76. The van der Waals surface area contributed by atoms with Crippen LogP contribution in [0.25, 0.3) is 0 Å². The van der Waals surface area contributed by atoms with Crippen molar-refractivity contribution in [1.29, 1.82) is 0 Å². The van der Waals surface area contributed by atoms with Gasteiger partial charge in [0.05, 0.1) is 0 Å². The Balaban J connectivity index is 1.81. The Hall–Kier alpha value is -1.96. The molecule has 2 N–H and O–H groups in total. The molecule has 2 unspecified atom stereocenters. The third-order valence-corrected chi connectivity index (χ3v) is 5.40. The van der Waals surface area contributed by atoms with Gasteiger partial charge in [-0.05, 0) is 24.5 Å². The number of carboxylic acids is 1. The molecule has 1 aliphatic heterocycles. The molecule has 7 heteroatoms. The van der Waals surface area contributed by atoms with Crippen LogP contribution in [0.15, 0.2) is 35.6 Å². The molecule has 0 spiro atoms. The number of ether oxygens (including phenoxy) is 2. The Morgan fingerprint density at radius 1 is 1.31 bits per heavy atom. The van der Waals surface area contributed by atoms with Crippen LogP contribution >= 0.6 is 0 Å². The lowest BCUT2D eigenvalue weighted by Crippen LogP contribution is -2.35. The molecule has 1 saturated heterocycles. The first-order valence-corrected chi connectivity index (χ1v) is 8.88. The van der Waals surface area contributed by atoms with Crippen LogP contribution in [-0.2, 0) is 19.1 Å². The van der Waals surface area contributed by atoms with Crippen LogP contribution in [0, 0.1) is 5.41 Å². The molecule has 7 nitrogen and oxygen atoms in total. The van der Waals surface area contributed by atoms with Gasteiger partial charge in [0.1, 0.15) is 31.2 Å². The van der Waals surface area contributed by atoms with E-state index in [-0.39, 0.29) is 17.6 Å². The average molecular weight is 363 g/mol. The second-order valence-corrected chi connectivity index (χ2v) is 7.19. The first-order chi connectivity index (χ1) is 12.4. The highest BCUT2D eigenvalue weighted by atomic mass is 16.7. The number of rotatable bonds is 7. The van der Waals surface area contributed by atoms with E-state index in [2.05, 4.69) is 12.2 Å². The minimum absolute atomic E-state index is 0.0318. The van der Waals surface area contributed by atoms with E-state index in [0.29, 0.717) is 13.3 Å². The maximum Gasteiger partial charge on any atom is 0.340 e. The van der Waals surface area contributed by atoms with Gasteiger partial charge in [-0.25, -0.2) is 4.79 Å². The number of aliphatic hydroxyl groups is 1. The van der Waals surface area contributed by atoms with Crippen molar-refractivity contribution in [2.45, 2.75) is 37.9 Å². The first kappa shape index (κ1) is 18.8. The molecule has 0 amide bonds. The van der Waals surface area contributed by atoms with Crippen LogP contribution in [0.2, 0.25) is 0 Å². The summed E-state index contributed by atoms with van der Waals surface area (Å²) in [5, 5.41) is 18.2. The van der Waals surface area contributed by atoms with Gasteiger partial charge in [-0.15, -0.1) is 0 Å². The van der Waals surface area contributed by atoms with Crippen molar-refractivity contribution < 1.29 is 29.3 Å². The predicted molar refractivity (Wildman–Crippen MR) is 93.2 cm³/mol. The zero-order valence-corrected chi connectivity index (χ0v) is 14.9. The van der Waals surface area contributed by atoms with Gasteiger partial charge >= 0.3 is 5.97 Å². The predicted octanol–water partition coefficient (Wildman–Crippen LogP) is 1.25. The smallest absolute Gasteiger partial charge is 0.340 e. The average Bonchev–Trinajstić information content (AvgIpc) is 3.27. The molecule has 0 aromatic carbocycles. The highest BCUT2D eigenvalue weighted by Crippen LogP contribution is 2.47. The maximum absolute atomic E-state index is 11.7. The molecule has 3 rings (SSSR count). The molecule has 0 aromatic heterocycles. The Bertz CT molecular complexity index is 659. The quantitative estimate of drug-likeness (QED) is 0.399. The van der Waals surface area contributed by atoms with E-state index in [1.807, 2.05) is 6.08 Å². The Morgan fingerprint density at radius 2 is 2.00 bits per heavy atom.